The number of hydrogen-bond acceptors (Lipinski definition) is 3. The van der Waals surface area contributed by atoms with E-state index >= 15 is 0 Å². The van der Waals surface area contributed by atoms with Crippen LogP contribution in [0, 0.1) is 0 Å². The summed E-state index contributed by atoms with van der Waals surface area (Å²) in [5.41, 5.74) is 1.52. The molecular weight excluding hydrogens is 422 g/mol. The van der Waals surface area contributed by atoms with Crippen LogP contribution >= 0.6 is 27.5 Å². The van der Waals surface area contributed by atoms with Crippen LogP contribution in [-0.2, 0) is 16.2 Å². The number of carbonyl (C=O) groups excluding carboxylic acids is 1. The van der Waals surface area contributed by atoms with Crippen LogP contribution in [0.2, 0.25) is 5.02 Å². The molecule has 1 atom stereocenters. The normalized spacial score (nSPS) is 12.0. The third-order valence-corrected chi connectivity index (χ3v) is 4.32. The molecule has 0 aromatic heterocycles. The topological polar surface area (TPSA) is 75.6 Å². The summed E-state index contributed by atoms with van der Waals surface area (Å²) in [6.45, 7) is 1.68. The van der Waals surface area contributed by atoms with Crippen LogP contribution in [0.5, 0.6) is 5.75 Å². The van der Waals surface area contributed by atoms with Crippen LogP contribution in [0.3, 0.4) is 0 Å². The van der Waals surface area contributed by atoms with Gasteiger partial charge in [-0.05, 0) is 37.3 Å². The molecule has 2 aromatic carbocycles. The molecular formula is C19H17BrClNO4. The Hall–Kier alpha value is -2.31. The van der Waals surface area contributed by atoms with Gasteiger partial charge in [0.2, 0.25) is 5.91 Å². The smallest absolute Gasteiger partial charge is 0.325 e. The van der Waals surface area contributed by atoms with Gasteiger partial charge in [-0.2, -0.15) is 0 Å². The number of amides is 1. The van der Waals surface area contributed by atoms with E-state index in [9.17, 15) is 9.59 Å². The van der Waals surface area contributed by atoms with Crippen molar-refractivity contribution in [3.05, 3.63) is 69.2 Å². The molecule has 26 heavy (non-hydrogen) atoms. The molecule has 1 amide bonds. The first kappa shape index (κ1) is 20.0. The standard InChI is InChI=1S/C19H17BrClNO4/c1-12(19(24)25)22-18(23)9-6-13-10-15(20)7-8-17(13)26-11-14-4-2-3-5-16(14)21/h2-10,12H,11H2,1H3,(H,22,23)(H,24,25)/b9-6+/t12-/m0/s1. The van der Waals surface area contributed by atoms with Crippen LogP contribution in [0.25, 0.3) is 6.08 Å². The van der Waals surface area contributed by atoms with Gasteiger partial charge in [-0.1, -0.05) is 45.7 Å². The Morgan fingerprint density at radius 1 is 1.31 bits per heavy atom. The molecule has 0 fully saturated rings. The molecule has 0 spiro atoms. The minimum atomic E-state index is -1.10. The molecule has 0 saturated heterocycles. The molecule has 2 rings (SSSR count). The Morgan fingerprint density at radius 2 is 2.04 bits per heavy atom. The highest BCUT2D eigenvalue weighted by Gasteiger charge is 2.12. The lowest BCUT2D eigenvalue weighted by Gasteiger charge is -2.11. The summed E-state index contributed by atoms with van der Waals surface area (Å²) in [5.74, 6) is -1.03. The number of carboxylic acid groups (broad SMARTS) is 1. The van der Waals surface area contributed by atoms with Crippen molar-refractivity contribution in [3.63, 3.8) is 0 Å². The summed E-state index contributed by atoms with van der Waals surface area (Å²) in [4.78, 5) is 22.6. The molecule has 0 aliphatic heterocycles. The van der Waals surface area contributed by atoms with Crippen molar-refractivity contribution in [2.24, 2.45) is 0 Å². The lowest BCUT2D eigenvalue weighted by Crippen LogP contribution is -2.37. The number of aliphatic carboxylic acids is 1. The van der Waals surface area contributed by atoms with Crippen LogP contribution in [0.4, 0.5) is 0 Å². The highest BCUT2D eigenvalue weighted by Crippen LogP contribution is 2.26. The average Bonchev–Trinajstić information content (AvgIpc) is 2.60. The Kier molecular flexibility index (Phi) is 7.24. The van der Waals surface area contributed by atoms with E-state index in [0.717, 1.165) is 10.0 Å². The average molecular weight is 439 g/mol. The minimum absolute atomic E-state index is 0.282. The van der Waals surface area contributed by atoms with Crippen LogP contribution in [0.1, 0.15) is 18.1 Å². The first-order valence-electron chi connectivity index (χ1n) is 7.74. The summed E-state index contributed by atoms with van der Waals surface area (Å²) >= 11 is 9.51. The maximum absolute atomic E-state index is 11.8. The van der Waals surface area contributed by atoms with Gasteiger partial charge in [0.05, 0.1) is 0 Å². The molecule has 0 aliphatic rings. The van der Waals surface area contributed by atoms with Gasteiger partial charge in [-0.25, -0.2) is 0 Å². The highest BCUT2D eigenvalue weighted by atomic mass is 79.9. The number of halogens is 2. The van der Waals surface area contributed by atoms with Gasteiger partial charge in [-0.15, -0.1) is 0 Å². The predicted octanol–water partition coefficient (Wildman–Crippen LogP) is 4.28. The monoisotopic (exact) mass is 437 g/mol. The molecule has 5 nitrogen and oxygen atoms in total. The van der Waals surface area contributed by atoms with E-state index < -0.39 is 17.9 Å². The molecule has 0 aliphatic carbocycles. The zero-order valence-electron chi connectivity index (χ0n) is 13.9. The van der Waals surface area contributed by atoms with Crippen molar-refractivity contribution in [1.82, 2.24) is 5.32 Å². The predicted molar refractivity (Wildman–Crippen MR) is 104 cm³/mol. The van der Waals surface area contributed by atoms with Crippen molar-refractivity contribution < 1.29 is 19.4 Å². The van der Waals surface area contributed by atoms with Crippen molar-refractivity contribution in [2.75, 3.05) is 0 Å². The van der Waals surface area contributed by atoms with Gasteiger partial charge in [0.1, 0.15) is 18.4 Å². The number of ether oxygens (including phenoxy) is 1. The van der Waals surface area contributed by atoms with Gasteiger partial charge in [0.25, 0.3) is 0 Å². The van der Waals surface area contributed by atoms with Crippen LogP contribution in [-0.4, -0.2) is 23.0 Å². The van der Waals surface area contributed by atoms with E-state index in [-0.39, 0.29) is 6.61 Å². The lowest BCUT2D eigenvalue weighted by atomic mass is 10.1. The van der Waals surface area contributed by atoms with Crippen molar-refractivity contribution in [2.45, 2.75) is 19.6 Å². The Balaban J connectivity index is 2.12. The summed E-state index contributed by atoms with van der Waals surface area (Å²) in [6.07, 6.45) is 2.83. The molecule has 0 radical (unpaired) electrons. The number of rotatable bonds is 7. The zero-order chi connectivity index (χ0) is 19.1. The van der Waals surface area contributed by atoms with E-state index in [2.05, 4.69) is 21.2 Å². The number of carboxylic acids is 1. The lowest BCUT2D eigenvalue weighted by molar-refractivity contribution is -0.140. The van der Waals surface area contributed by atoms with E-state index in [0.29, 0.717) is 16.3 Å². The van der Waals surface area contributed by atoms with Gasteiger partial charge >= 0.3 is 5.97 Å². The molecule has 0 heterocycles. The Labute approximate surface area is 164 Å². The van der Waals surface area contributed by atoms with Gasteiger partial charge in [-0.3, -0.25) is 9.59 Å². The van der Waals surface area contributed by atoms with E-state index in [1.807, 2.05) is 24.3 Å². The van der Waals surface area contributed by atoms with Crippen molar-refractivity contribution in [3.8, 4) is 5.75 Å². The summed E-state index contributed by atoms with van der Waals surface area (Å²) in [7, 11) is 0. The number of benzene rings is 2. The van der Waals surface area contributed by atoms with Crippen LogP contribution in [0.15, 0.2) is 53.0 Å². The largest absolute Gasteiger partial charge is 0.488 e. The van der Waals surface area contributed by atoms with Crippen LogP contribution < -0.4 is 10.1 Å². The maximum atomic E-state index is 11.8. The summed E-state index contributed by atoms with van der Waals surface area (Å²) < 4.78 is 6.65. The second kappa shape index (κ2) is 9.40. The fourth-order valence-electron chi connectivity index (χ4n) is 2.04. The maximum Gasteiger partial charge on any atom is 0.325 e. The quantitative estimate of drug-likeness (QED) is 0.633. The molecule has 7 heteroatoms. The van der Waals surface area contributed by atoms with E-state index in [4.69, 9.17) is 21.4 Å². The Bertz CT molecular complexity index is 838. The van der Waals surface area contributed by atoms with Crippen molar-refractivity contribution >= 4 is 45.5 Å². The molecule has 2 aromatic rings. The number of nitrogens with one attached hydrogen (secondary N) is 1. The third kappa shape index (κ3) is 5.89. The summed E-state index contributed by atoms with van der Waals surface area (Å²) in [5, 5.41) is 11.8. The SMILES string of the molecule is C[C@H](NC(=O)/C=C/c1cc(Br)ccc1OCc1ccccc1Cl)C(=O)O. The molecule has 2 N–H and O–H groups in total. The second-order valence-electron chi connectivity index (χ2n) is 5.46. The Morgan fingerprint density at radius 3 is 2.73 bits per heavy atom. The fraction of sp³-hybridized carbons (Fsp3) is 0.158. The summed E-state index contributed by atoms with van der Waals surface area (Å²) in [6, 6.07) is 11.8. The molecule has 0 bridgehead atoms. The second-order valence-corrected chi connectivity index (χ2v) is 6.79. The minimum Gasteiger partial charge on any atom is -0.488 e. The van der Waals surface area contributed by atoms with E-state index in [1.165, 1.54) is 13.0 Å². The number of carbonyl (C=O) groups is 2. The fourth-order valence-corrected chi connectivity index (χ4v) is 2.61. The highest BCUT2D eigenvalue weighted by molar-refractivity contribution is 9.10. The van der Waals surface area contributed by atoms with Gasteiger partial charge in [0.15, 0.2) is 0 Å². The zero-order valence-corrected chi connectivity index (χ0v) is 16.3. The molecule has 0 unspecified atom stereocenters. The first-order valence-corrected chi connectivity index (χ1v) is 8.91. The third-order valence-electron chi connectivity index (χ3n) is 3.46. The van der Waals surface area contributed by atoms with Gasteiger partial charge < -0.3 is 15.2 Å². The number of hydrogen-bond donors (Lipinski definition) is 2. The molecule has 136 valence electrons. The van der Waals surface area contributed by atoms with Crippen molar-refractivity contribution in [1.29, 1.82) is 0 Å². The van der Waals surface area contributed by atoms with Gasteiger partial charge in [0, 0.05) is 26.7 Å². The first-order chi connectivity index (χ1) is 12.4. The molecule has 0 saturated carbocycles. The van der Waals surface area contributed by atoms with E-state index in [1.54, 1.807) is 24.3 Å².